The van der Waals surface area contributed by atoms with Crippen molar-refractivity contribution >= 4 is 23.8 Å². The summed E-state index contributed by atoms with van der Waals surface area (Å²) < 4.78 is 16.4. The summed E-state index contributed by atoms with van der Waals surface area (Å²) in [4.78, 5) is 25.8. The first-order valence-corrected chi connectivity index (χ1v) is 10.7. The van der Waals surface area contributed by atoms with Gasteiger partial charge >= 0.3 is 6.16 Å². The Morgan fingerprint density at radius 3 is 2.72 bits per heavy atom. The summed E-state index contributed by atoms with van der Waals surface area (Å²) in [5.74, 6) is -0.878. The van der Waals surface area contributed by atoms with Gasteiger partial charge in [0.2, 0.25) is 11.8 Å². The number of aliphatic hydroxyl groups is 1. The Morgan fingerprint density at radius 1 is 1.41 bits per heavy atom. The van der Waals surface area contributed by atoms with Gasteiger partial charge in [0.1, 0.15) is 0 Å². The predicted molar refractivity (Wildman–Crippen MR) is 103 cm³/mol. The lowest BCUT2D eigenvalue weighted by molar-refractivity contribution is -0.197. The average molecular weight is 429 g/mol. The van der Waals surface area contributed by atoms with Crippen LogP contribution in [0.4, 0.5) is 4.79 Å². The first-order valence-electron chi connectivity index (χ1n) is 9.82. The van der Waals surface area contributed by atoms with Crippen LogP contribution in [0.25, 0.3) is 0 Å². The fourth-order valence-corrected chi connectivity index (χ4v) is 6.01. The second-order valence-corrected chi connectivity index (χ2v) is 9.42. The van der Waals surface area contributed by atoms with Crippen LogP contribution in [0.2, 0.25) is 0 Å². The van der Waals surface area contributed by atoms with Crippen molar-refractivity contribution in [3.8, 4) is 0 Å². The first kappa shape index (κ1) is 20.9. The topological polar surface area (TPSA) is 144 Å². The second-order valence-electron chi connectivity index (χ2n) is 8.08. The van der Waals surface area contributed by atoms with Gasteiger partial charge in [-0.3, -0.25) is 9.69 Å². The van der Waals surface area contributed by atoms with E-state index in [2.05, 4.69) is 5.32 Å². The van der Waals surface area contributed by atoms with Gasteiger partial charge in [0, 0.05) is 17.7 Å². The number of carboxylic acid groups (broad SMARTS) is 1. The lowest BCUT2D eigenvalue weighted by Gasteiger charge is -2.45. The van der Waals surface area contributed by atoms with E-state index in [1.165, 1.54) is 16.7 Å². The zero-order chi connectivity index (χ0) is 20.9. The highest BCUT2D eigenvalue weighted by molar-refractivity contribution is 8.03. The van der Waals surface area contributed by atoms with Crippen LogP contribution in [0, 0.1) is 11.8 Å². The maximum absolute atomic E-state index is 12.5. The molecule has 0 aromatic carbocycles. The van der Waals surface area contributed by atoms with E-state index in [4.69, 9.17) is 25.1 Å². The molecule has 162 valence electrons. The molecule has 4 heterocycles. The van der Waals surface area contributed by atoms with Crippen LogP contribution in [-0.2, 0) is 19.0 Å². The third kappa shape index (κ3) is 3.75. The molecule has 10 nitrogen and oxygen atoms in total. The minimum Gasteiger partial charge on any atom is -0.449 e. The first-order chi connectivity index (χ1) is 13.8. The van der Waals surface area contributed by atoms with Gasteiger partial charge in [0.25, 0.3) is 0 Å². The summed E-state index contributed by atoms with van der Waals surface area (Å²) in [6.45, 7) is 5.13. The Morgan fingerprint density at radius 2 is 2.10 bits per heavy atom. The Hall–Kier alpha value is -1.37. The number of hydrogen-bond acceptors (Lipinski definition) is 9. The van der Waals surface area contributed by atoms with E-state index >= 15 is 0 Å². The Bertz CT molecular complexity index is 710. The summed E-state index contributed by atoms with van der Waals surface area (Å²) in [5, 5.41) is 22.7. The number of thioether (sulfide) groups is 1. The highest BCUT2D eigenvalue weighted by atomic mass is 32.2. The molecule has 6 atom stereocenters. The van der Waals surface area contributed by atoms with E-state index in [0.29, 0.717) is 19.8 Å². The second kappa shape index (κ2) is 8.05. The minimum atomic E-state index is -1.46. The van der Waals surface area contributed by atoms with Gasteiger partial charge in [-0.25, -0.2) is 4.79 Å². The molecule has 0 aromatic rings. The fraction of sp³-hybridized carbons (Fsp3) is 0.778. The SMILES string of the molecule is C[C@@H](O)[C@H]1C(=O)N2C(OC(=O)O)=C(S[C@@H]3CN[C@H](C4OCC(N)CO4)C3)[C@H](C)[C@H]12. The van der Waals surface area contributed by atoms with E-state index in [0.717, 1.165) is 11.3 Å². The van der Waals surface area contributed by atoms with Crippen LogP contribution in [0.15, 0.2) is 10.8 Å². The van der Waals surface area contributed by atoms with E-state index in [9.17, 15) is 14.7 Å². The zero-order valence-corrected chi connectivity index (χ0v) is 17.1. The van der Waals surface area contributed by atoms with E-state index in [-0.39, 0.29) is 47.4 Å². The molecular weight excluding hydrogens is 402 g/mol. The van der Waals surface area contributed by atoms with Gasteiger partial charge in [0.05, 0.1) is 48.3 Å². The molecule has 0 aliphatic carbocycles. The maximum atomic E-state index is 12.5. The van der Waals surface area contributed by atoms with Crippen molar-refractivity contribution in [1.29, 1.82) is 0 Å². The monoisotopic (exact) mass is 429 g/mol. The summed E-state index contributed by atoms with van der Waals surface area (Å²) in [6, 6.07) is -0.372. The largest absolute Gasteiger partial charge is 0.512 e. The summed E-state index contributed by atoms with van der Waals surface area (Å²) in [6.07, 6.45) is -1.85. The van der Waals surface area contributed by atoms with Crippen LogP contribution in [0.3, 0.4) is 0 Å². The number of hydrogen-bond donors (Lipinski definition) is 4. The van der Waals surface area contributed by atoms with Crippen molar-refractivity contribution in [2.75, 3.05) is 19.8 Å². The molecule has 0 aromatic heterocycles. The smallest absolute Gasteiger partial charge is 0.449 e. The number of fused-ring (bicyclic) bond motifs is 1. The predicted octanol–water partition coefficient (Wildman–Crippen LogP) is -0.128. The molecule has 5 N–H and O–H groups in total. The van der Waals surface area contributed by atoms with Crippen LogP contribution in [-0.4, -0.2) is 82.7 Å². The van der Waals surface area contributed by atoms with Crippen LogP contribution in [0.1, 0.15) is 20.3 Å². The molecule has 3 fully saturated rings. The lowest BCUT2D eigenvalue weighted by Crippen LogP contribution is -2.63. The number of nitrogens with zero attached hydrogens (tertiary/aromatic N) is 1. The third-order valence-electron chi connectivity index (χ3n) is 5.94. The standard InChI is InChI=1S/C18H27N3O7S/c1-7-13-12(8(2)22)15(23)21(13)16(28-18(24)25)14(7)29-10-3-11(20-4-10)17-26-5-9(19)6-27-17/h7-13,17,20,22H,3-6,19H2,1-2H3,(H,24,25)/t7-,8-,9?,10+,11+,12-,13-,17?/m1/s1. The minimum absolute atomic E-state index is 0.0185. The Balaban J connectivity index is 1.46. The number of ether oxygens (including phenoxy) is 3. The quantitative estimate of drug-likeness (QED) is 0.345. The highest BCUT2D eigenvalue weighted by Crippen LogP contribution is 2.52. The van der Waals surface area contributed by atoms with Crippen molar-refractivity contribution in [1.82, 2.24) is 10.2 Å². The summed E-state index contributed by atoms with van der Waals surface area (Å²) >= 11 is 1.52. The van der Waals surface area contributed by atoms with Crippen molar-refractivity contribution in [2.24, 2.45) is 17.6 Å². The van der Waals surface area contributed by atoms with Crippen molar-refractivity contribution in [2.45, 2.75) is 56.0 Å². The number of β-lactam (4-membered cyclic amide) rings is 1. The average Bonchev–Trinajstić information content (AvgIpc) is 3.19. The molecule has 0 unspecified atom stereocenters. The number of carbonyl (C=O) groups is 2. The van der Waals surface area contributed by atoms with Crippen LogP contribution >= 0.6 is 11.8 Å². The van der Waals surface area contributed by atoms with Gasteiger partial charge in [0.15, 0.2) is 6.29 Å². The number of aliphatic hydroxyl groups excluding tert-OH is 1. The van der Waals surface area contributed by atoms with Gasteiger partial charge in [-0.15, -0.1) is 11.8 Å². The molecular formula is C18H27N3O7S. The van der Waals surface area contributed by atoms with Crippen molar-refractivity contribution in [3.05, 3.63) is 10.8 Å². The van der Waals surface area contributed by atoms with E-state index in [1.54, 1.807) is 6.92 Å². The molecule has 1 amide bonds. The van der Waals surface area contributed by atoms with E-state index < -0.39 is 18.2 Å². The molecule has 11 heteroatoms. The van der Waals surface area contributed by atoms with Crippen molar-refractivity contribution in [3.63, 3.8) is 0 Å². The number of amides is 1. The molecule has 0 bridgehead atoms. The number of nitrogens with one attached hydrogen (secondary N) is 1. The van der Waals surface area contributed by atoms with Crippen LogP contribution in [0.5, 0.6) is 0 Å². The Kier molecular flexibility index (Phi) is 5.79. The van der Waals surface area contributed by atoms with Gasteiger partial charge < -0.3 is 35.5 Å². The number of nitrogens with two attached hydrogens (primary N) is 1. The maximum Gasteiger partial charge on any atom is 0.512 e. The van der Waals surface area contributed by atoms with Gasteiger partial charge in [-0.2, -0.15) is 0 Å². The third-order valence-corrected chi connectivity index (χ3v) is 7.44. The number of carbonyl (C=O) groups excluding carboxylic acids is 1. The molecule has 3 saturated heterocycles. The fourth-order valence-electron chi connectivity index (χ4n) is 4.58. The molecule has 29 heavy (non-hydrogen) atoms. The molecule has 4 rings (SSSR count). The Labute approximate surface area is 172 Å². The molecule has 0 spiro atoms. The van der Waals surface area contributed by atoms with Gasteiger partial charge in [-0.05, 0) is 13.3 Å². The van der Waals surface area contributed by atoms with Crippen LogP contribution < -0.4 is 11.1 Å². The molecule has 4 aliphatic rings. The zero-order valence-electron chi connectivity index (χ0n) is 16.3. The highest BCUT2D eigenvalue weighted by Gasteiger charge is 2.60. The molecule has 4 aliphatic heterocycles. The lowest BCUT2D eigenvalue weighted by atomic mass is 9.79. The van der Waals surface area contributed by atoms with E-state index in [1.807, 2.05) is 6.92 Å². The molecule has 0 radical (unpaired) electrons. The normalized spacial score (nSPS) is 40.6. The van der Waals surface area contributed by atoms with Gasteiger partial charge in [-0.1, -0.05) is 6.92 Å². The number of rotatable bonds is 5. The summed E-state index contributed by atoms with van der Waals surface area (Å²) in [7, 11) is 0. The molecule has 0 saturated carbocycles. The summed E-state index contributed by atoms with van der Waals surface area (Å²) in [5.41, 5.74) is 5.79. The van der Waals surface area contributed by atoms with Crippen molar-refractivity contribution < 1.29 is 34.0 Å².